The zero-order valence-corrected chi connectivity index (χ0v) is 24.2. The van der Waals surface area contributed by atoms with E-state index in [4.69, 9.17) is 30.5 Å². The highest BCUT2D eigenvalue weighted by atomic mass is 35.5. The lowest BCUT2D eigenvalue weighted by molar-refractivity contribution is 0.0357. The molecule has 3 heterocycles. The van der Waals surface area contributed by atoms with E-state index in [2.05, 4.69) is 9.88 Å². The van der Waals surface area contributed by atoms with E-state index < -0.39 is 18.0 Å². The average molecular weight is 594 g/mol. The Morgan fingerprint density at radius 2 is 1.86 bits per heavy atom. The van der Waals surface area contributed by atoms with Crippen molar-refractivity contribution in [3.63, 3.8) is 0 Å². The summed E-state index contributed by atoms with van der Waals surface area (Å²) in [5, 5.41) is 1.68. The third-order valence-electron chi connectivity index (χ3n) is 7.83. The van der Waals surface area contributed by atoms with Gasteiger partial charge in [-0.3, -0.25) is 9.80 Å². The van der Waals surface area contributed by atoms with Crippen molar-refractivity contribution in [3.8, 4) is 17.2 Å². The molecule has 8 nitrogen and oxygen atoms in total. The van der Waals surface area contributed by atoms with Crippen LogP contribution in [0, 0.1) is 5.82 Å². The number of nitrogens with zero attached hydrogens (tertiary/aromatic N) is 2. The lowest BCUT2D eigenvalue weighted by Crippen LogP contribution is -2.42. The van der Waals surface area contributed by atoms with Crippen LogP contribution >= 0.6 is 11.6 Å². The van der Waals surface area contributed by atoms with E-state index in [1.807, 2.05) is 36.4 Å². The number of halogens is 2. The van der Waals surface area contributed by atoms with Gasteiger partial charge in [0.05, 0.1) is 26.9 Å². The van der Waals surface area contributed by atoms with Gasteiger partial charge in [0.1, 0.15) is 17.6 Å². The Labute approximate surface area is 248 Å². The summed E-state index contributed by atoms with van der Waals surface area (Å²) in [7, 11) is 1.61. The van der Waals surface area contributed by atoms with Crippen LogP contribution in [0.25, 0.3) is 10.9 Å². The molecule has 1 fully saturated rings. The fraction of sp³-hybridized carbons (Fsp3) is 0.344. The Hall–Kier alpha value is -3.79. The normalized spacial score (nSPS) is 17.2. The van der Waals surface area contributed by atoms with Gasteiger partial charge < -0.3 is 23.9 Å². The lowest BCUT2D eigenvalue weighted by Gasteiger charge is -2.35. The van der Waals surface area contributed by atoms with Crippen LogP contribution in [0.1, 0.15) is 29.3 Å². The number of ether oxygens (including phenoxy) is 4. The Bertz CT molecular complexity index is 1550. The second-order valence-electron chi connectivity index (χ2n) is 10.4. The molecule has 1 N–H and O–H groups in total. The molecule has 42 heavy (non-hydrogen) atoms. The zero-order valence-electron chi connectivity index (χ0n) is 23.4. The summed E-state index contributed by atoms with van der Waals surface area (Å²) in [6.07, 6.45) is 0.973. The summed E-state index contributed by atoms with van der Waals surface area (Å²) >= 11 is 6.34. The molecule has 220 valence electrons. The Kier molecular flexibility index (Phi) is 8.51. The van der Waals surface area contributed by atoms with E-state index in [0.29, 0.717) is 36.1 Å². The van der Waals surface area contributed by atoms with Gasteiger partial charge in [0, 0.05) is 47.8 Å². The minimum Gasteiger partial charge on any atom is -0.493 e. The van der Waals surface area contributed by atoms with Crippen LogP contribution in [0.2, 0.25) is 5.02 Å². The highest BCUT2D eigenvalue weighted by Crippen LogP contribution is 2.42. The van der Waals surface area contributed by atoms with Crippen molar-refractivity contribution in [3.05, 3.63) is 88.3 Å². The standard InChI is InChI=1S/C32H33ClFN3O5/c1-39-29-19-21(3-10-28(29)41-16-2-12-36-14-17-40-18-15-36)31-30-25(26-20-22(33)4-9-27(26)35-30)11-13-37(31)32(38)42-24-7-5-23(34)6-8-24/h3-10,19-20,31,35H,2,11-18H2,1H3. The van der Waals surface area contributed by atoms with Crippen LogP contribution in [0.15, 0.2) is 60.7 Å². The van der Waals surface area contributed by atoms with Crippen LogP contribution in [0.3, 0.4) is 0 Å². The largest absolute Gasteiger partial charge is 0.493 e. The van der Waals surface area contributed by atoms with Crippen LogP contribution < -0.4 is 14.2 Å². The smallest absolute Gasteiger partial charge is 0.416 e. The number of H-pyrrole nitrogens is 1. The van der Waals surface area contributed by atoms with E-state index in [1.165, 1.54) is 24.3 Å². The fourth-order valence-electron chi connectivity index (χ4n) is 5.73. The summed E-state index contributed by atoms with van der Waals surface area (Å²) in [6.45, 7) is 5.36. The summed E-state index contributed by atoms with van der Waals surface area (Å²) in [6, 6.07) is 16.4. The van der Waals surface area contributed by atoms with Crippen molar-refractivity contribution in [2.45, 2.75) is 18.9 Å². The molecule has 1 amide bonds. The van der Waals surface area contributed by atoms with Gasteiger partial charge in [0.2, 0.25) is 0 Å². The first kappa shape index (κ1) is 28.3. The van der Waals surface area contributed by atoms with Crippen LogP contribution in [0.5, 0.6) is 17.2 Å². The lowest BCUT2D eigenvalue weighted by atomic mass is 9.92. The van der Waals surface area contributed by atoms with Gasteiger partial charge in [0.15, 0.2) is 11.5 Å². The van der Waals surface area contributed by atoms with E-state index >= 15 is 0 Å². The summed E-state index contributed by atoms with van der Waals surface area (Å²) < 4.78 is 36.4. The van der Waals surface area contributed by atoms with Crippen LogP contribution in [-0.2, 0) is 11.2 Å². The zero-order chi connectivity index (χ0) is 29.1. The number of hydrogen-bond donors (Lipinski definition) is 1. The average Bonchev–Trinajstić information content (AvgIpc) is 3.38. The minimum absolute atomic E-state index is 0.271. The number of hydrogen-bond acceptors (Lipinski definition) is 6. The van der Waals surface area contributed by atoms with Crippen molar-refractivity contribution < 1.29 is 28.1 Å². The molecule has 0 radical (unpaired) electrons. The maximum absolute atomic E-state index is 13.5. The molecule has 4 aromatic rings. The Morgan fingerprint density at radius 3 is 2.64 bits per heavy atom. The maximum Gasteiger partial charge on any atom is 0.416 e. The minimum atomic E-state index is -0.531. The van der Waals surface area contributed by atoms with E-state index in [1.54, 1.807) is 12.0 Å². The van der Waals surface area contributed by atoms with E-state index in [-0.39, 0.29) is 5.75 Å². The first-order valence-corrected chi connectivity index (χ1v) is 14.5. The number of nitrogens with one attached hydrogen (secondary N) is 1. The van der Waals surface area contributed by atoms with Gasteiger partial charge in [-0.1, -0.05) is 17.7 Å². The molecular formula is C32H33ClFN3O5. The maximum atomic E-state index is 13.5. The number of benzene rings is 3. The Balaban J connectivity index is 1.28. The van der Waals surface area contributed by atoms with Crippen LogP contribution in [-0.4, -0.2) is 74.0 Å². The second kappa shape index (κ2) is 12.6. The molecule has 0 saturated carbocycles. The van der Waals surface area contributed by atoms with Crippen molar-refractivity contribution in [2.24, 2.45) is 0 Å². The van der Waals surface area contributed by atoms with Crippen molar-refractivity contribution in [2.75, 3.05) is 53.1 Å². The first-order chi connectivity index (χ1) is 20.5. The van der Waals surface area contributed by atoms with Gasteiger partial charge in [0.25, 0.3) is 0 Å². The predicted molar refractivity (Wildman–Crippen MR) is 158 cm³/mol. The number of amides is 1. The summed E-state index contributed by atoms with van der Waals surface area (Å²) in [5.41, 5.74) is 3.76. The number of carbonyl (C=O) groups is 1. The molecule has 3 aromatic carbocycles. The van der Waals surface area contributed by atoms with Crippen LogP contribution in [0.4, 0.5) is 9.18 Å². The number of morpholine rings is 1. The number of aromatic amines is 1. The molecule has 6 rings (SSSR count). The van der Waals surface area contributed by atoms with Crippen molar-refractivity contribution >= 4 is 28.6 Å². The summed E-state index contributed by atoms with van der Waals surface area (Å²) in [4.78, 5) is 21.1. The van der Waals surface area contributed by atoms with E-state index in [0.717, 1.165) is 67.0 Å². The molecular weight excluding hydrogens is 561 g/mol. The third-order valence-corrected chi connectivity index (χ3v) is 8.06. The molecule has 2 aliphatic rings. The number of methoxy groups -OCH3 is 1. The molecule has 0 aliphatic carbocycles. The van der Waals surface area contributed by atoms with Crippen molar-refractivity contribution in [1.29, 1.82) is 0 Å². The molecule has 1 atom stereocenters. The fourth-order valence-corrected chi connectivity index (χ4v) is 5.91. The van der Waals surface area contributed by atoms with Gasteiger partial charge in [-0.2, -0.15) is 0 Å². The topological polar surface area (TPSA) is 76.3 Å². The molecule has 1 saturated heterocycles. The predicted octanol–water partition coefficient (Wildman–Crippen LogP) is 6.22. The second-order valence-corrected chi connectivity index (χ2v) is 10.9. The van der Waals surface area contributed by atoms with E-state index in [9.17, 15) is 9.18 Å². The van der Waals surface area contributed by atoms with Gasteiger partial charge in [-0.25, -0.2) is 9.18 Å². The number of fused-ring (bicyclic) bond motifs is 3. The number of rotatable bonds is 8. The Morgan fingerprint density at radius 1 is 1.05 bits per heavy atom. The molecule has 1 unspecified atom stereocenters. The molecule has 2 aliphatic heterocycles. The SMILES string of the molecule is COc1cc(C2c3[nH]c4ccc(Cl)cc4c3CCN2C(=O)Oc2ccc(F)cc2)ccc1OCCCN1CCOCC1. The highest BCUT2D eigenvalue weighted by Gasteiger charge is 2.36. The first-order valence-electron chi connectivity index (χ1n) is 14.1. The molecule has 0 bridgehead atoms. The molecule has 0 spiro atoms. The number of aromatic nitrogens is 1. The quantitative estimate of drug-likeness (QED) is 0.245. The number of carbonyl (C=O) groups excluding carboxylic acids is 1. The monoisotopic (exact) mass is 593 g/mol. The van der Waals surface area contributed by atoms with Gasteiger partial charge in [-0.15, -0.1) is 0 Å². The van der Waals surface area contributed by atoms with Crippen molar-refractivity contribution in [1.82, 2.24) is 14.8 Å². The highest BCUT2D eigenvalue weighted by molar-refractivity contribution is 6.31. The van der Waals surface area contributed by atoms with Gasteiger partial charge >= 0.3 is 6.09 Å². The molecule has 1 aromatic heterocycles. The molecule has 10 heteroatoms. The van der Waals surface area contributed by atoms with Gasteiger partial charge in [-0.05, 0) is 78.6 Å². The third kappa shape index (κ3) is 6.04. The summed E-state index contributed by atoms with van der Waals surface area (Å²) in [5.74, 6) is 1.09.